The SMILES string of the molecule is O=[N+]([O-])c1cc([N+](=O)[O-])c(Nc2ccc3c(c2)OCCOCCOCCO3)c([N+](=O)[O-])c1. The normalized spacial score (nSPS) is 14.5. The summed E-state index contributed by atoms with van der Waals surface area (Å²) in [5.41, 5.74) is -2.71. The van der Waals surface area contributed by atoms with Crippen LogP contribution in [-0.2, 0) is 9.47 Å². The Morgan fingerprint density at radius 3 is 1.75 bits per heavy atom. The molecule has 0 saturated heterocycles. The Balaban J connectivity index is 1.97. The summed E-state index contributed by atoms with van der Waals surface area (Å²) in [6.07, 6.45) is 0. The molecule has 1 heterocycles. The van der Waals surface area contributed by atoms with Crippen molar-refractivity contribution in [1.29, 1.82) is 0 Å². The van der Waals surface area contributed by atoms with Crippen molar-refractivity contribution >= 4 is 28.4 Å². The van der Waals surface area contributed by atoms with Crippen LogP contribution in [0.15, 0.2) is 30.3 Å². The van der Waals surface area contributed by atoms with Gasteiger partial charge in [0.1, 0.15) is 13.2 Å². The fourth-order valence-corrected chi connectivity index (χ4v) is 2.82. The van der Waals surface area contributed by atoms with Crippen LogP contribution in [0.2, 0.25) is 0 Å². The fourth-order valence-electron chi connectivity index (χ4n) is 2.82. The van der Waals surface area contributed by atoms with Gasteiger partial charge in [-0.2, -0.15) is 0 Å². The maximum atomic E-state index is 11.5. The maximum Gasteiger partial charge on any atom is 0.306 e. The molecule has 0 radical (unpaired) electrons. The third-order valence-electron chi connectivity index (χ3n) is 4.24. The first-order chi connectivity index (χ1) is 15.4. The second kappa shape index (κ2) is 10.3. The number of benzene rings is 2. The van der Waals surface area contributed by atoms with Gasteiger partial charge in [0.05, 0.1) is 53.3 Å². The molecule has 0 aliphatic carbocycles. The number of hydrogen-bond donors (Lipinski definition) is 1. The van der Waals surface area contributed by atoms with Crippen LogP contribution >= 0.6 is 0 Å². The molecule has 170 valence electrons. The van der Waals surface area contributed by atoms with Gasteiger partial charge in [-0.25, -0.2) is 0 Å². The summed E-state index contributed by atoms with van der Waals surface area (Å²) < 4.78 is 22.0. The maximum absolute atomic E-state index is 11.5. The number of non-ortho nitro benzene ring substituents is 1. The number of nitro benzene ring substituents is 3. The molecule has 0 fully saturated rings. The highest BCUT2D eigenvalue weighted by Gasteiger charge is 2.31. The summed E-state index contributed by atoms with van der Waals surface area (Å²) in [6, 6.07) is 5.74. The lowest BCUT2D eigenvalue weighted by Gasteiger charge is -2.16. The van der Waals surface area contributed by atoms with Crippen LogP contribution in [0, 0.1) is 30.3 Å². The molecule has 1 N–H and O–H groups in total. The van der Waals surface area contributed by atoms with Crippen molar-refractivity contribution in [3.63, 3.8) is 0 Å². The molecular weight excluding hydrogens is 432 g/mol. The minimum absolute atomic E-state index is 0.178. The Morgan fingerprint density at radius 1 is 0.688 bits per heavy atom. The Hall–Kier alpha value is -4.04. The first-order valence-electron chi connectivity index (χ1n) is 9.30. The Bertz CT molecular complexity index is 994. The zero-order chi connectivity index (χ0) is 23.1. The van der Waals surface area contributed by atoms with Crippen LogP contribution in [0.1, 0.15) is 0 Å². The van der Waals surface area contributed by atoms with Crippen molar-refractivity contribution in [3.8, 4) is 11.5 Å². The van der Waals surface area contributed by atoms with Gasteiger partial charge in [-0.15, -0.1) is 0 Å². The molecule has 0 spiro atoms. The van der Waals surface area contributed by atoms with E-state index in [1.807, 2.05) is 0 Å². The average Bonchev–Trinajstić information content (AvgIpc) is 2.74. The average molecular weight is 450 g/mol. The van der Waals surface area contributed by atoms with Gasteiger partial charge in [-0.1, -0.05) is 0 Å². The summed E-state index contributed by atoms with van der Waals surface area (Å²) >= 11 is 0. The van der Waals surface area contributed by atoms with E-state index in [0.717, 1.165) is 0 Å². The number of ether oxygens (including phenoxy) is 4. The molecule has 0 bridgehead atoms. The van der Waals surface area contributed by atoms with E-state index in [1.54, 1.807) is 0 Å². The Labute approximate surface area is 180 Å². The second-order valence-corrected chi connectivity index (χ2v) is 6.34. The van der Waals surface area contributed by atoms with E-state index < -0.39 is 37.5 Å². The van der Waals surface area contributed by atoms with Crippen molar-refractivity contribution in [3.05, 3.63) is 60.7 Å². The molecule has 1 aliphatic rings. The second-order valence-electron chi connectivity index (χ2n) is 6.34. The number of fused-ring (bicyclic) bond motifs is 1. The third kappa shape index (κ3) is 5.55. The quantitative estimate of drug-likeness (QED) is 0.523. The van der Waals surface area contributed by atoms with Gasteiger partial charge in [0, 0.05) is 11.8 Å². The molecule has 32 heavy (non-hydrogen) atoms. The van der Waals surface area contributed by atoms with E-state index in [9.17, 15) is 30.3 Å². The van der Waals surface area contributed by atoms with Crippen molar-refractivity contribution in [2.24, 2.45) is 0 Å². The fraction of sp³-hybridized carbons (Fsp3) is 0.333. The molecule has 0 amide bonds. The molecule has 0 unspecified atom stereocenters. The van der Waals surface area contributed by atoms with Crippen molar-refractivity contribution in [2.45, 2.75) is 0 Å². The van der Waals surface area contributed by atoms with E-state index in [0.29, 0.717) is 37.7 Å². The smallest absolute Gasteiger partial charge is 0.306 e. The van der Waals surface area contributed by atoms with Crippen LogP contribution in [0.25, 0.3) is 0 Å². The molecule has 0 atom stereocenters. The first-order valence-corrected chi connectivity index (χ1v) is 9.30. The van der Waals surface area contributed by atoms with Crippen LogP contribution in [-0.4, -0.2) is 54.4 Å². The van der Waals surface area contributed by atoms with Gasteiger partial charge < -0.3 is 24.3 Å². The predicted molar refractivity (Wildman–Crippen MR) is 109 cm³/mol. The molecule has 14 heteroatoms. The summed E-state index contributed by atoms with van der Waals surface area (Å²) in [7, 11) is 0. The number of nitro groups is 3. The summed E-state index contributed by atoms with van der Waals surface area (Å²) in [5, 5.41) is 36.6. The highest BCUT2D eigenvalue weighted by atomic mass is 16.6. The molecule has 1 aliphatic heterocycles. The van der Waals surface area contributed by atoms with Crippen LogP contribution in [0.4, 0.5) is 28.4 Å². The van der Waals surface area contributed by atoms with Crippen LogP contribution in [0.5, 0.6) is 11.5 Å². The monoisotopic (exact) mass is 450 g/mol. The molecule has 2 aromatic carbocycles. The summed E-state index contributed by atoms with van der Waals surface area (Å²) in [6.45, 7) is 1.83. The number of anilines is 2. The highest BCUT2D eigenvalue weighted by molar-refractivity contribution is 5.81. The number of nitrogens with zero attached hydrogens (tertiary/aromatic N) is 3. The summed E-state index contributed by atoms with van der Waals surface area (Å²) in [5.74, 6) is 0.638. The highest BCUT2D eigenvalue weighted by Crippen LogP contribution is 2.41. The van der Waals surface area contributed by atoms with Crippen molar-refractivity contribution < 1.29 is 33.7 Å². The molecule has 0 saturated carbocycles. The molecule has 3 rings (SSSR count). The van der Waals surface area contributed by atoms with Crippen LogP contribution in [0.3, 0.4) is 0 Å². The number of hydrogen-bond acceptors (Lipinski definition) is 11. The third-order valence-corrected chi connectivity index (χ3v) is 4.24. The van der Waals surface area contributed by atoms with Gasteiger partial charge in [0.2, 0.25) is 0 Å². The van der Waals surface area contributed by atoms with E-state index in [1.165, 1.54) is 18.2 Å². The molecular formula is C18H18N4O10. The molecule has 14 nitrogen and oxygen atoms in total. The number of rotatable bonds is 5. The predicted octanol–water partition coefficient (Wildman–Crippen LogP) is 2.96. The zero-order valence-electron chi connectivity index (χ0n) is 16.6. The topological polar surface area (TPSA) is 178 Å². The van der Waals surface area contributed by atoms with Gasteiger partial charge in [0.15, 0.2) is 17.2 Å². The van der Waals surface area contributed by atoms with E-state index in [4.69, 9.17) is 18.9 Å². The van der Waals surface area contributed by atoms with Gasteiger partial charge in [-0.3, -0.25) is 30.3 Å². The largest absolute Gasteiger partial charge is 0.487 e. The van der Waals surface area contributed by atoms with Crippen LogP contribution < -0.4 is 14.8 Å². The number of nitrogens with one attached hydrogen (secondary N) is 1. The standard InChI is InChI=1S/C18H18N4O10/c23-20(24)13-10-14(21(25)26)18(15(11-13)22(27)28)19-12-1-2-16-17(9-12)32-8-6-30-4-3-29-5-7-31-16/h1-2,9-11,19H,3-8H2. The lowest BCUT2D eigenvalue weighted by atomic mass is 10.2. The lowest BCUT2D eigenvalue weighted by molar-refractivity contribution is -0.401. The van der Waals surface area contributed by atoms with E-state index >= 15 is 0 Å². The minimum Gasteiger partial charge on any atom is -0.487 e. The molecule has 0 aromatic heterocycles. The van der Waals surface area contributed by atoms with E-state index in [2.05, 4.69) is 5.32 Å². The van der Waals surface area contributed by atoms with Crippen molar-refractivity contribution in [1.82, 2.24) is 0 Å². The zero-order valence-corrected chi connectivity index (χ0v) is 16.6. The Kier molecular flexibility index (Phi) is 7.30. The summed E-state index contributed by atoms with van der Waals surface area (Å²) in [4.78, 5) is 31.1. The van der Waals surface area contributed by atoms with Gasteiger partial charge >= 0.3 is 11.4 Å². The first kappa shape index (κ1) is 22.6. The van der Waals surface area contributed by atoms with E-state index in [-0.39, 0.29) is 31.3 Å². The minimum atomic E-state index is -0.942. The van der Waals surface area contributed by atoms with Gasteiger partial charge in [-0.05, 0) is 12.1 Å². The Morgan fingerprint density at radius 2 is 1.22 bits per heavy atom. The molecule has 2 aromatic rings. The lowest BCUT2D eigenvalue weighted by Crippen LogP contribution is -2.15. The van der Waals surface area contributed by atoms with Gasteiger partial charge in [0.25, 0.3) is 5.69 Å². The van der Waals surface area contributed by atoms with Crippen molar-refractivity contribution in [2.75, 3.05) is 45.0 Å².